The van der Waals surface area contributed by atoms with Gasteiger partial charge < -0.3 is 5.73 Å². The predicted octanol–water partition coefficient (Wildman–Crippen LogP) is 3.49. The Morgan fingerprint density at radius 3 is 2.75 bits per heavy atom. The molecule has 0 aliphatic heterocycles. The summed E-state index contributed by atoms with van der Waals surface area (Å²) in [6.07, 6.45) is 2.48. The van der Waals surface area contributed by atoms with E-state index in [2.05, 4.69) is 4.72 Å². The van der Waals surface area contributed by atoms with Gasteiger partial charge in [0.15, 0.2) is 0 Å². The van der Waals surface area contributed by atoms with E-state index in [1.807, 2.05) is 12.1 Å². The van der Waals surface area contributed by atoms with E-state index in [9.17, 15) is 12.8 Å². The van der Waals surface area contributed by atoms with Crippen LogP contribution in [0.15, 0.2) is 41.3 Å². The molecule has 130 valence electrons. The molecule has 0 amide bonds. The first-order valence-electron chi connectivity index (χ1n) is 7.54. The van der Waals surface area contributed by atoms with Gasteiger partial charge in [-0.2, -0.15) is 0 Å². The van der Waals surface area contributed by atoms with E-state index in [0.717, 1.165) is 24.0 Å². The van der Waals surface area contributed by atoms with Gasteiger partial charge in [0.05, 0.1) is 4.90 Å². The molecular weight excluding hydrogens is 351 g/mol. The van der Waals surface area contributed by atoms with E-state index in [0.29, 0.717) is 12.1 Å². The van der Waals surface area contributed by atoms with Gasteiger partial charge in [0.2, 0.25) is 10.0 Å². The zero-order valence-electron chi connectivity index (χ0n) is 13.3. The topological polar surface area (TPSA) is 72.2 Å². The summed E-state index contributed by atoms with van der Waals surface area (Å²) in [6.45, 7) is 1.47. The number of benzene rings is 2. The van der Waals surface area contributed by atoms with Crippen molar-refractivity contribution in [1.82, 2.24) is 4.72 Å². The summed E-state index contributed by atoms with van der Waals surface area (Å²) in [6, 6.07) is 9.32. The zero-order valence-corrected chi connectivity index (χ0v) is 14.9. The fraction of sp³-hybridized carbons (Fsp3) is 0.294. The third-order valence-electron chi connectivity index (χ3n) is 4.29. The number of nitrogens with two attached hydrogens (primary N) is 1. The van der Waals surface area contributed by atoms with Crippen LogP contribution < -0.4 is 10.5 Å². The van der Waals surface area contributed by atoms with Crippen LogP contribution in [0.2, 0.25) is 0 Å². The second kappa shape index (κ2) is 7.09. The van der Waals surface area contributed by atoms with Gasteiger partial charge in [0.25, 0.3) is 0 Å². The second-order valence-electron chi connectivity index (χ2n) is 5.89. The highest BCUT2D eigenvalue weighted by molar-refractivity contribution is 7.89. The van der Waals surface area contributed by atoms with Crippen LogP contribution in [0.25, 0.3) is 0 Å². The number of hydrogen-bond acceptors (Lipinski definition) is 3. The standard InChI is InChI=1S/C17H19FN2O2S.ClH/c1-11-15(18)5-3-7-17(11)23(21,22)20-16-6-2-4-12-10-13(19)8-9-14(12)16;/h3,5,7-10,16,20H,2,4,6,19H2,1H3;1H. The number of hydrogen-bond donors (Lipinski definition) is 2. The summed E-state index contributed by atoms with van der Waals surface area (Å²) >= 11 is 0. The average molecular weight is 371 g/mol. The molecule has 3 rings (SSSR count). The van der Waals surface area contributed by atoms with Crippen molar-refractivity contribution in [3.8, 4) is 0 Å². The molecule has 7 heteroatoms. The first-order valence-corrected chi connectivity index (χ1v) is 9.02. The van der Waals surface area contributed by atoms with Crippen LogP contribution in [-0.4, -0.2) is 8.42 Å². The van der Waals surface area contributed by atoms with Crippen LogP contribution in [0.3, 0.4) is 0 Å². The lowest BCUT2D eigenvalue weighted by molar-refractivity contribution is 0.506. The molecule has 1 aliphatic carbocycles. The fourth-order valence-electron chi connectivity index (χ4n) is 3.09. The maximum Gasteiger partial charge on any atom is 0.241 e. The van der Waals surface area contributed by atoms with Crippen molar-refractivity contribution in [2.75, 3.05) is 5.73 Å². The summed E-state index contributed by atoms with van der Waals surface area (Å²) in [5.74, 6) is -0.523. The van der Waals surface area contributed by atoms with Crippen molar-refractivity contribution in [3.63, 3.8) is 0 Å². The summed E-state index contributed by atoms with van der Waals surface area (Å²) in [7, 11) is -3.79. The number of nitrogens with one attached hydrogen (secondary N) is 1. The molecule has 0 saturated heterocycles. The molecule has 0 aromatic heterocycles. The monoisotopic (exact) mass is 370 g/mol. The molecule has 3 N–H and O–H groups in total. The second-order valence-corrected chi connectivity index (χ2v) is 7.57. The minimum Gasteiger partial charge on any atom is -0.399 e. The fourth-order valence-corrected chi connectivity index (χ4v) is 4.59. The summed E-state index contributed by atoms with van der Waals surface area (Å²) in [5.41, 5.74) is 8.63. The molecule has 24 heavy (non-hydrogen) atoms. The third kappa shape index (κ3) is 3.55. The van der Waals surface area contributed by atoms with Gasteiger partial charge in [0, 0.05) is 17.3 Å². The summed E-state index contributed by atoms with van der Waals surface area (Å²) < 4.78 is 41.7. The maximum absolute atomic E-state index is 13.7. The molecule has 1 unspecified atom stereocenters. The molecule has 0 spiro atoms. The quantitative estimate of drug-likeness (QED) is 0.812. The van der Waals surface area contributed by atoms with E-state index in [1.165, 1.54) is 25.1 Å². The minimum atomic E-state index is -3.79. The van der Waals surface area contributed by atoms with E-state index >= 15 is 0 Å². The number of anilines is 1. The lowest BCUT2D eigenvalue weighted by Crippen LogP contribution is -2.31. The van der Waals surface area contributed by atoms with Crippen molar-refractivity contribution >= 4 is 28.1 Å². The van der Waals surface area contributed by atoms with Crippen molar-refractivity contribution in [3.05, 3.63) is 58.9 Å². The Morgan fingerprint density at radius 1 is 1.25 bits per heavy atom. The molecule has 1 atom stereocenters. The minimum absolute atomic E-state index is 0. The van der Waals surface area contributed by atoms with Gasteiger partial charge in [-0.25, -0.2) is 17.5 Å². The molecule has 0 bridgehead atoms. The average Bonchev–Trinajstić information content (AvgIpc) is 2.49. The first-order chi connectivity index (χ1) is 10.9. The Kier molecular flexibility index (Phi) is 5.52. The van der Waals surface area contributed by atoms with E-state index < -0.39 is 15.8 Å². The molecule has 1 aliphatic rings. The van der Waals surface area contributed by atoms with Crippen LogP contribution >= 0.6 is 12.4 Å². The van der Waals surface area contributed by atoms with Crippen LogP contribution in [0.4, 0.5) is 10.1 Å². The summed E-state index contributed by atoms with van der Waals surface area (Å²) in [5, 5.41) is 0. The van der Waals surface area contributed by atoms with Gasteiger partial charge in [-0.3, -0.25) is 0 Å². The molecule has 0 heterocycles. The molecule has 0 saturated carbocycles. The third-order valence-corrected chi connectivity index (χ3v) is 5.90. The number of aryl methyl sites for hydroxylation is 1. The Bertz CT molecular complexity index is 856. The molecule has 2 aromatic rings. The van der Waals surface area contributed by atoms with Gasteiger partial charge in [-0.15, -0.1) is 12.4 Å². The van der Waals surface area contributed by atoms with E-state index in [4.69, 9.17) is 5.73 Å². The Hall–Kier alpha value is -1.63. The van der Waals surface area contributed by atoms with Gasteiger partial charge in [-0.05, 0) is 61.6 Å². The Morgan fingerprint density at radius 2 is 2.00 bits per heavy atom. The Labute approximate surface area is 147 Å². The number of rotatable bonds is 3. The number of nitrogen functional groups attached to an aromatic ring is 1. The molecule has 0 fully saturated rings. The smallest absolute Gasteiger partial charge is 0.241 e. The van der Waals surface area contributed by atoms with Gasteiger partial charge in [-0.1, -0.05) is 12.1 Å². The molecule has 4 nitrogen and oxygen atoms in total. The highest BCUT2D eigenvalue weighted by atomic mass is 35.5. The van der Waals surface area contributed by atoms with Crippen molar-refractivity contribution in [1.29, 1.82) is 0 Å². The van der Waals surface area contributed by atoms with Crippen LogP contribution in [0, 0.1) is 12.7 Å². The largest absolute Gasteiger partial charge is 0.399 e. The van der Waals surface area contributed by atoms with Gasteiger partial charge >= 0.3 is 0 Å². The lowest BCUT2D eigenvalue weighted by Gasteiger charge is -2.26. The number of halogens is 2. The van der Waals surface area contributed by atoms with Crippen molar-refractivity contribution in [2.24, 2.45) is 0 Å². The Balaban J connectivity index is 0.00000208. The number of sulfonamides is 1. The summed E-state index contributed by atoms with van der Waals surface area (Å²) in [4.78, 5) is -0.0138. The maximum atomic E-state index is 13.7. The highest BCUT2D eigenvalue weighted by Crippen LogP contribution is 2.32. The SMILES string of the molecule is Cc1c(F)cccc1S(=O)(=O)NC1CCCc2cc(N)ccc21.Cl. The van der Waals surface area contributed by atoms with E-state index in [-0.39, 0.29) is 28.9 Å². The van der Waals surface area contributed by atoms with Crippen LogP contribution in [0.5, 0.6) is 0 Å². The molecule has 0 radical (unpaired) electrons. The van der Waals surface area contributed by atoms with E-state index in [1.54, 1.807) is 6.07 Å². The normalized spacial score (nSPS) is 17.0. The van der Waals surface area contributed by atoms with Crippen molar-refractivity contribution in [2.45, 2.75) is 37.1 Å². The molecule has 2 aromatic carbocycles. The van der Waals surface area contributed by atoms with Crippen molar-refractivity contribution < 1.29 is 12.8 Å². The van der Waals surface area contributed by atoms with Gasteiger partial charge in [0.1, 0.15) is 5.82 Å². The number of fused-ring (bicyclic) bond motifs is 1. The zero-order chi connectivity index (χ0) is 16.6. The van der Waals surface area contributed by atoms with Crippen LogP contribution in [0.1, 0.15) is 35.6 Å². The van der Waals surface area contributed by atoms with Crippen LogP contribution in [-0.2, 0) is 16.4 Å². The highest BCUT2D eigenvalue weighted by Gasteiger charge is 2.27. The molecular formula is C17H20ClFN2O2S. The lowest BCUT2D eigenvalue weighted by atomic mass is 9.88. The first kappa shape index (κ1) is 18.7. The predicted molar refractivity (Wildman–Crippen MR) is 95.2 cm³/mol.